The van der Waals surface area contributed by atoms with E-state index in [-0.39, 0.29) is 18.4 Å². The molecule has 2 amide bonds. The first-order valence-electron chi connectivity index (χ1n) is 10.7. The maximum Gasteiger partial charge on any atom is 0.573 e. The summed E-state index contributed by atoms with van der Waals surface area (Å²) in [5, 5.41) is 12.1. The molecule has 1 fully saturated rings. The zero-order valence-corrected chi connectivity index (χ0v) is 19.4. The summed E-state index contributed by atoms with van der Waals surface area (Å²) in [6.07, 6.45) is -2.93. The van der Waals surface area contributed by atoms with Crippen LogP contribution in [0, 0.1) is 11.3 Å². The summed E-state index contributed by atoms with van der Waals surface area (Å²) in [4.78, 5) is 34.3. The van der Waals surface area contributed by atoms with E-state index in [2.05, 4.69) is 20.0 Å². The minimum absolute atomic E-state index is 0.0775. The van der Waals surface area contributed by atoms with Crippen LogP contribution in [0.25, 0.3) is 0 Å². The number of amides is 2. The smallest absolute Gasteiger partial charge is 0.406 e. The van der Waals surface area contributed by atoms with Gasteiger partial charge in [0.2, 0.25) is 11.8 Å². The van der Waals surface area contributed by atoms with Crippen LogP contribution >= 0.6 is 11.6 Å². The SMILES string of the molecule is N#Cc1cc(OC(F)(F)F)ccc1N(C(=O)[C@@H](F)Cl)[C@@H](C(=O)NC1CCC(F)(F)CC1)c1cncnc1. The van der Waals surface area contributed by atoms with E-state index < -0.39 is 71.7 Å². The number of hydrogen-bond donors (Lipinski definition) is 1. The molecule has 15 heteroatoms. The van der Waals surface area contributed by atoms with Gasteiger partial charge in [0, 0.05) is 42.9 Å². The molecule has 2 atom stereocenters. The van der Waals surface area contributed by atoms with E-state index in [1.807, 2.05) is 0 Å². The van der Waals surface area contributed by atoms with E-state index >= 15 is 0 Å². The Bertz CT molecular complexity index is 1170. The number of carbonyl (C=O) groups is 2. The molecule has 0 aliphatic heterocycles. The second-order valence-corrected chi connectivity index (χ2v) is 8.44. The number of benzene rings is 1. The van der Waals surface area contributed by atoms with Crippen LogP contribution in [-0.4, -0.2) is 45.7 Å². The lowest BCUT2D eigenvalue weighted by Crippen LogP contribution is -2.49. The van der Waals surface area contributed by atoms with Crippen molar-refractivity contribution in [2.45, 2.75) is 55.7 Å². The number of nitrogens with zero attached hydrogens (tertiary/aromatic N) is 4. The standard InChI is InChI=1S/C22H18ClF6N5O3/c23-18(24)20(36)34(16-2-1-15(7-12(16)8-30)37-22(27,28)29)17(13-9-31-11-32-10-13)19(35)33-14-3-5-21(25,26)6-4-14/h1-2,7,9-11,14,17-18H,3-6H2,(H,33,35)/t17-,18-/m1/s1. The third kappa shape index (κ3) is 7.22. The molecule has 0 radical (unpaired) electrons. The van der Waals surface area contributed by atoms with Gasteiger partial charge in [-0.05, 0) is 25.0 Å². The van der Waals surface area contributed by atoms with Crippen LogP contribution in [0.4, 0.5) is 32.0 Å². The molecule has 1 N–H and O–H groups in total. The number of halogens is 7. The van der Waals surface area contributed by atoms with Gasteiger partial charge in [-0.15, -0.1) is 13.2 Å². The van der Waals surface area contributed by atoms with Gasteiger partial charge in [-0.3, -0.25) is 14.5 Å². The van der Waals surface area contributed by atoms with Crippen LogP contribution in [0.3, 0.4) is 0 Å². The topological polar surface area (TPSA) is 108 Å². The Morgan fingerprint density at radius 2 is 1.84 bits per heavy atom. The van der Waals surface area contributed by atoms with E-state index in [0.717, 1.165) is 30.9 Å². The summed E-state index contributed by atoms with van der Waals surface area (Å²) in [6.45, 7) is 0. The predicted molar refractivity (Wildman–Crippen MR) is 116 cm³/mol. The third-order valence-electron chi connectivity index (χ3n) is 5.47. The van der Waals surface area contributed by atoms with Crippen molar-refractivity contribution in [3.05, 3.63) is 48.0 Å². The fourth-order valence-electron chi connectivity index (χ4n) is 3.84. The predicted octanol–water partition coefficient (Wildman–Crippen LogP) is 4.55. The second kappa shape index (κ2) is 11.2. The lowest BCUT2D eigenvalue weighted by molar-refractivity contribution is -0.274. The fourth-order valence-corrected chi connectivity index (χ4v) is 3.94. The Morgan fingerprint density at radius 1 is 1.22 bits per heavy atom. The molecule has 8 nitrogen and oxygen atoms in total. The summed E-state index contributed by atoms with van der Waals surface area (Å²) in [7, 11) is 0. The maximum absolute atomic E-state index is 14.1. The number of nitriles is 1. The number of nitrogens with one attached hydrogen (secondary N) is 1. The molecule has 0 saturated heterocycles. The second-order valence-electron chi connectivity index (χ2n) is 8.06. The average molecular weight is 550 g/mol. The number of anilines is 1. The molecular weight excluding hydrogens is 532 g/mol. The maximum atomic E-state index is 14.1. The van der Waals surface area contributed by atoms with Gasteiger partial charge < -0.3 is 10.1 Å². The molecule has 3 rings (SSSR count). The van der Waals surface area contributed by atoms with Crippen molar-refractivity contribution in [3.8, 4) is 11.8 Å². The van der Waals surface area contributed by atoms with Crippen molar-refractivity contribution in [2.24, 2.45) is 0 Å². The normalized spacial score (nSPS) is 17.2. The number of ether oxygens (including phenoxy) is 1. The molecule has 1 aliphatic carbocycles. The van der Waals surface area contributed by atoms with Crippen LogP contribution in [0.5, 0.6) is 5.75 Å². The molecule has 1 aliphatic rings. The molecule has 0 bridgehead atoms. The number of hydrogen-bond acceptors (Lipinski definition) is 6. The van der Waals surface area contributed by atoms with Gasteiger partial charge in [-0.2, -0.15) is 5.26 Å². The van der Waals surface area contributed by atoms with Gasteiger partial charge in [-0.1, -0.05) is 11.6 Å². The number of aromatic nitrogens is 2. The van der Waals surface area contributed by atoms with E-state index in [1.54, 1.807) is 6.07 Å². The Morgan fingerprint density at radius 3 is 2.38 bits per heavy atom. The van der Waals surface area contributed by atoms with Crippen molar-refractivity contribution in [2.75, 3.05) is 4.90 Å². The van der Waals surface area contributed by atoms with Crippen molar-refractivity contribution in [1.82, 2.24) is 15.3 Å². The van der Waals surface area contributed by atoms with Crippen molar-refractivity contribution in [1.29, 1.82) is 5.26 Å². The van der Waals surface area contributed by atoms with Crippen LogP contribution in [-0.2, 0) is 9.59 Å². The molecule has 1 aromatic heterocycles. The summed E-state index contributed by atoms with van der Waals surface area (Å²) in [5.41, 5.74) is -3.86. The summed E-state index contributed by atoms with van der Waals surface area (Å²) in [6, 6.07) is 1.34. The molecular formula is C22H18ClF6N5O3. The molecule has 1 saturated carbocycles. The van der Waals surface area contributed by atoms with Gasteiger partial charge in [0.25, 0.3) is 11.5 Å². The van der Waals surface area contributed by atoms with Crippen molar-refractivity contribution >= 4 is 29.1 Å². The molecule has 2 aromatic rings. The first-order chi connectivity index (χ1) is 17.3. The molecule has 1 aromatic carbocycles. The van der Waals surface area contributed by atoms with Crippen LogP contribution < -0.4 is 15.0 Å². The quantitative estimate of drug-likeness (QED) is 0.401. The molecule has 37 heavy (non-hydrogen) atoms. The van der Waals surface area contributed by atoms with Crippen LogP contribution in [0.1, 0.15) is 42.9 Å². The summed E-state index contributed by atoms with van der Waals surface area (Å²) >= 11 is 5.39. The van der Waals surface area contributed by atoms with E-state index in [4.69, 9.17) is 11.6 Å². The molecule has 1 heterocycles. The van der Waals surface area contributed by atoms with E-state index in [1.165, 1.54) is 0 Å². The Balaban J connectivity index is 2.07. The van der Waals surface area contributed by atoms with Gasteiger partial charge in [0.15, 0.2) is 0 Å². The van der Waals surface area contributed by atoms with Crippen molar-refractivity contribution < 1.29 is 40.7 Å². The Hall–Kier alpha value is -3.60. The minimum Gasteiger partial charge on any atom is -0.406 e. The van der Waals surface area contributed by atoms with Gasteiger partial charge in [0.05, 0.1) is 11.3 Å². The third-order valence-corrected chi connectivity index (χ3v) is 5.66. The van der Waals surface area contributed by atoms with Crippen molar-refractivity contribution in [3.63, 3.8) is 0 Å². The molecule has 0 unspecified atom stereocenters. The number of carbonyl (C=O) groups excluding carboxylic acids is 2. The Labute approximate surface area is 211 Å². The highest BCUT2D eigenvalue weighted by Gasteiger charge is 2.40. The van der Waals surface area contributed by atoms with Gasteiger partial charge in [-0.25, -0.2) is 23.1 Å². The first-order valence-corrected chi connectivity index (χ1v) is 11.1. The van der Waals surface area contributed by atoms with Gasteiger partial charge >= 0.3 is 6.36 Å². The molecule has 198 valence electrons. The van der Waals surface area contributed by atoms with E-state index in [0.29, 0.717) is 11.0 Å². The van der Waals surface area contributed by atoms with Crippen LogP contribution in [0.2, 0.25) is 0 Å². The largest absolute Gasteiger partial charge is 0.573 e. The lowest BCUT2D eigenvalue weighted by atomic mass is 9.92. The number of alkyl halides is 7. The monoisotopic (exact) mass is 549 g/mol. The summed E-state index contributed by atoms with van der Waals surface area (Å²) < 4.78 is 82.9. The first kappa shape index (κ1) is 28.0. The average Bonchev–Trinajstić information content (AvgIpc) is 2.83. The lowest BCUT2D eigenvalue weighted by Gasteiger charge is -2.34. The minimum atomic E-state index is -5.09. The fraction of sp³-hybridized carbons (Fsp3) is 0.409. The summed E-state index contributed by atoms with van der Waals surface area (Å²) in [5.74, 6) is -6.19. The zero-order valence-electron chi connectivity index (χ0n) is 18.7. The highest BCUT2D eigenvalue weighted by Crippen LogP contribution is 2.36. The van der Waals surface area contributed by atoms with E-state index in [9.17, 15) is 41.2 Å². The number of rotatable bonds is 7. The highest BCUT2D eigenvalue weighted by atomic mass is 35.5. The van der Waals surface area contributed by atoms with Gasteiger partial charge in [0.1, 0.15) is 24.2 Å². The molecule has 0 spiro atoms. The highest BCUT2D eigenvalue weighted by molar-refractivity contribution is 6.32. The zero-order chi connectivity index (χ0) is 27.4. The van der Waals surface area contributed by atoms with Crippen LogP contribution in [0.15, 0.2) is 36.9 Å². The Kier molecular flexibility index (Phi) is 8.47.